The molecule has 6 heteroatoms. The molecule has 0 aromatic rings. The minimum absolute atomic E-state index is 0.0922. The second-order valence-corrected chi connectivity index (χ2v) is 4.63. The predicted octanol–water partition coefficient (Wildman–Crippen LogP) is 3.19. The molecule has 0 bridgehead atoms. The van der Waals surface area contributed by atoms with Crippen molar-refractivity contribution in [1.29, 1.82) is 0 Å². The summed E-state index contributed by atoms with van der Waals surface area (Å²) in [6, 6.07) is 0. The van der Waals surface area contributed by atoms with Crippen molar-refractivity contribution >= 4 is 23.0 Å². The van der Waals surface area contributed by atoms with E-state index < -0.39 is 0 Å². The highest BCUT2D eigenvalue weighted by Gasteiger charge is 2.14. The molecule has 0 aromatic heterocycles. The van der Waals surface area contributed by atoms with E-state index in [1.54, 1.807) is 13.0 Å². The largest absolute Gasteiger partial charge is 0.462 e. The second kappa shape index (κ2) is 7.81. The lowest BCUT2D eigenvalue weighted by Crippen LogP contribution is -2.05. The highest BCUT2D eigenvalue weighted by Crippen LogP contribution is 2.23. The van der Waals surface area contributed by atoms with Crippen molar-refractivity contribution in [2.45, 2.75) is 32.6 Å². The van der Waals surface area contributed by atoms with Crippen molar-refractivity contribution in [3.8, 4) is 0 Å². The van der Waals surface area contributed by atoms with Crippen molar-refractivity contribution < 1.29 is 14.3 Å². The van der Waals surface area contributed by atoms with Crippen molar-refractivity contribution in [2.75, 3.05) is 6.61 Å². The topological polar surface area (TPSA) is 68.1 Å². The standard InChI is InChI=1S/C12H16N2O3S/c1-9(2)11(15)17-8-6-4-3-5-7-10-12(16)18-14-13-10/h7H,1,3-6,8H2,2H3. The number of hydrogen-bond donors (Lipinski definition) is 0. The Morgan fingerprint density at radius 2 is 2.22 bits per heavy atom. The predicted molar refractivity (Wildman–Crippen MR) is 69.8 cm³/mol. The van der Waals surface area contributed by atoms with Crippen LogP contribution in [0.3, 0.4) is 0 Å². The average molecular weight is 268 g/mol. The molecule has 1 aliphatic heterocycles. The molecular weight excluding hydrogens is 252 g/mol. The van der Waals surface area contributed by atoms with Gasteiger partial charge in [0, 0.05) is 5.57 Å². The van der Waals surface area contributed by atoms with Crippen LogP contribution in [-0.2, 0) is 14.3 Å². The summed E-state index contributed by atoms with van der Waals surface area (Å²) in [5.41, 5.74) is 0.857. The Kier molecular flexibility index (Phi) is 6.35. The van der Waals surface area contributed by atoms with E-state index in [0.717, 1.165) is 37.6 Å². The molecule has 0 saturated heterocycles. The van der Waals surface area contributed by atoms with Crippen LogP contribution in [0.5, 0.6) is 0 Å². The first-order valence-electron chi connectivity index (χ1n) is 5.76. The van der Waals surface area contributed by atoms with Gasteiger partial charge in [-0.05, 0) is 32.6 Å². The van der Waals surface area contributed by atoms with E-state index in [9.17, 15) is 9.59 Å². The van der Waals surface area contributed by atoms with Gasteiger partial charge in [0.05, 0.1) is 18.6 Å². The average Bonchev–Trinajstić information content (AvgIpc) is 2.73. The molecule has 1 heterocycles. The van der Waals surface area contributed by atoms with Gasteiger partial charge >= 0.3 is 5.97 Å². The van der Waals surface area contributed by atoms with Crippen molar-refractivity contribution in [2.24, 2.45) is 9.63 Å². The molecule has 0 fully saturated rings. The first-order valence-corrected chi connectivity index (χ1v) is 6.54. The van der Waals surface area contributed by atoms with Crippen LogP contribution in [-0.4, -0.2) is 17.7 Å². The number of nitrogens with zero attached hydrogens (tertiary/aromatic N) is 2. The van der Waals surface area contributed by atoms with Crippen molar-refractivity contribution in [3.05, 3.63) is 23.9 Å². The molecule has 18 heavy (non-hydrogen) atoms. The van der Waals surface area contributed by atoms with Crippen LogP contribution in [0.25, 0.3) is 0 Å². The number of ether oxygens (including phenoxy) is 1. The zero-order chi connectivity index (χ0) is 13.4. The minimum atomic E-state index is -0.342. The Hall–Kier alpha value is -1.43. The number of allylic oxidation sites excluding steroid dienone is 1. The molecule has 1 aliphatic rings. The third kappa shape index (κ3) is 5.27. The van der Waals surface area contributed by atoms with Gasteiger partial charge in [-0.15, -0.1) is 9.63 Å². The summed E-state index contributed by atoms with van der Waals surface area (Å²) in [7, 11) is 0. The summed E-state index contributed by atoms with van der Waals surface area (Å²) in [5, 5.41) is 3.62. The second-order valence-electron chi connectivity index (χ2n) is 3.92. The summed E-state index contributed by atoms with van der Waals surface area (Å²) in [6.45, 7) is 5.54. The van der Waals surface area contributed by atoms with Gasteiger partial charge < -0.3 is 4.74 Å². The summed E-state index contributed by atoms with van der Waals surface area (Å²) >= 11 is 0.869. The fraction of sp³-hybridized carbons (Fsp3) is 0.500. The lowest BCUT2D eigenvalue weighted by atomic mass is 10.2. The van der Waals surface area contributed by atoms with Crippen LogP contribution >= 0.6 is 11.9 Å². The van der Waals surface area contributed by atoms with Gasteiger partial charge in [-0.2, -0.15) is 0 Å². The van der Waals surface area contributed by atoms with E-state index in [4.69, 9.17) is 4.74 Å². The van der Waals surface area contributed by atoms with Gasteiger partial charge in [0.25, 0.3) is 5.12 Å². The molecule has 0 spiro atoms. The van der Waals surface area contributed by atoms with Gasteiger partial charge in [-0.1, -0.05) is 12.7 Å². The molecule has 98 valence electrons. The number of esters is 1. The van der Waals surface area contributed by atoms with Crippen LogP contribution in [0.2, 0.25) is 0 Å². The summed E-state index contributed by atoms with van der Waals surface area (Å²) in [6.07, 6.45) is 5.26. The summed E-state index contributed by atoms with van der Waals surface area (Å²) in [5.74, 6) is -0.342. The Bertz CT molecular complexity index is 402. The summed E-state index contributed by atoms with van der Waals surface area (Å²) < 4.78 is 8.52. The van der Waals surface area contributed by atoms with Crippen LogP contribution < -0.4 is 0 Å². The monoisotopic (exact) mass is 268 g/mol. The SMILES string of the molecule is C=C(C)C(=O)OCCCCCC=C1N=NSC1=O. The first kappa shape index (κ1) is 14.6. The zero-order valence-corrected chi connectivity index (χ0v) is 11.2. The Balaban J connectivity index is 2.02. The summed E-state index contributed by atoms with van der Waals surface area (Å²) in [4.78, 5) is 22.2. The van der Waals surface area contributed by atoms with Crippen molar-refractivity contribution in [1.82, 2.24) is 0 Å². The van der Waals surface area contributed by atoms with Gasteiger partial charge in [0.1, 0.15) is 5.70 Å². The van der Waals surface area contributed by atoms with Gasteiger partial charge in [0.2, 0.25) is 0 Å². The normalized spacial score (nSPS) is 16.3. The molecule has 0 atom stereocenters. The van der Waals surface area contributed by atoms with E-state index in [1.165, 1.54) is 0 Å². The molecule has 5 nitrogen and oxygen atoms in total. The first-order chi connectivity index (χ1) is 8.61. The van der Waals surface area contributed by atoms with Gasteiger partial charge in [0.15, 0.2) is 0 Å². The lowest BCUT2D eigenvalue weighted by molar-refractivity contribution is -0.139. The Labute approximate surface area is 111 Å². The highest BCUT2D eigenvalue weighted by molar-refractivity contribution is 8.13. The van der Waals surface area contributed by atoms with Gasteiger partial charge in [-0.25, -0.2) is 4.79 Å². The zero-order valence-electron chi connectivity index (χ0n) is 10.3. The van der Waals surface area contributed by atoms with Crippen LogP contribution in [0.15, 0.2) is 33.6 Å². The maximum Gasteiger partial charge on any atom is 0.333 e. The minimum Gasteiger partial charge on any atom is -0.462 e. The smallest absolute Gasteiger partial charge is 0.333 e. The molecule has 0 aromatic carbocycles. The van der Waals surface area contributed by atoms with Crippen LogP contribution in [0.1, 0.15) is 32.6 Å². The Morgan fingerprint density at radius 3 is 2.83 bits per heavy atom. The Morgan fingerprint density at radius 1 is 1.44 bits per heavy atom. The van der Waals surface area contributed by atoms with Crippen LogP contribution in [0, 0.1) is 0 Å². The quantitative estimate of drug-likeness (QED) is 0.308. The molecule has 0 unspecified atom stereocenters. The lowest BCUT2D eigenvalue weighted by Gasteiger charge is -2.03. The van der Waals surface area contributed by atoms with E-state index in [0.29, 0.717) is 17.9 Å². The highest BCUT2D eigenvalue weighted by atomic mass is 32.2. The molecule has 1 rings (SSSR count). The molecular formula is C12H16N2O3S. The fourth-order valence-corrected chi connectivity index (χ4v) is 1.68. The number of unbranched alkanes of at least 4 members (excludes halogenated alkanes) is 3. The molecule has 0 N–H and O–H groups in total. The number of carbonyl (C=O) groups excluding carboxylic acids is 2. The number of hydrogen-bond acceptors (Lipinski definition) is 6. The van der Waals surface area contributed by atoms with E-state index in [1.807, 2.05) is 0 Å². The van der Waals surface area contributed by atoms with E-state index >= 15 is 0 Å². The number of carbonyl (C=O) groups is 2. The van der Waals surface area contributed by atoms with Gasteiger partial charge in [-0.3, -0.25) is 4.79 Å². The maximum atomic E-state index is 11.1. The van der Waals surface area contributed by atoms with E-state index in [-0.39, 0.29) is 11.1 Å². The fourth-order valence-electron chi connectivity index (χ4n) is 1.26. The number of rotatable bonds is 7. The maximum absolute atomic E-state index is 11.1. The van der Waals surface area contributed by atoms with E-state index in [2.05, 4.69) is 16.2 Å². The van der Waals surface area contributed by atoms with Crippen molar-refractivity contribution in [3.63, 3.8) is 0 Å². The van der Waals surface area contributed by atoms with Crippen LogP contribution in [0.4, 0.5) is 0 Å². The molecule has 0 radical (unpaired) electrons. The molecule has 0 amide bonds. The third-order valence-electron chi connectivity index (χ3n) is 2.25. The molecule has 0 aliphatic carbocycles. The molecule has 0 saturated carbocycles. The third-order valence-corrected chi connectivity index (χ3v) is 2.79.